The van der Waals surface area contributed by atoms with Gasteiger partial charge in [0.05, 0.1) is 11.8 Å². The van der Waals surface area contributed by atoms with E-state index < -0.39 is 17.3 Å². The summed E-state index contributed by atoms with van der Waals surface area (Å²) in [5.74, 6) is -1.87. The highest BCUT2D eigenvalue weighted by molar-refractivity contribution is 5.91. The summed E-state index contributed by atoms with van der Waals surface area (Å²) in [6.45, 7) is 5.41. The van der Waals surface area contributed by atoms with Crippen LogP contribution in [0.3, 0.4) is 0 Å². The molecule has 5 heteroatoms. The van der Waals surface area contributed by atoms with Crippen molar-refractivity contribution in [3.05, 3.63) is 0 Å². The maximum atomic E-state index is 12.1. The monoisotopic (exact) mass is 268 g/mol. The lowest BCUT2D eigenvalue weighted by Crippen LogP contribution is -2.45. The van der Waals surface area contributed by atoms with Gasteiger partial charge in [-0.25, -0.2) is 0 Å². The largest absolute Gasteiger partial charge is 0.481 e. The molecule has 2 N–H and O–H groups in total. The minimum Gasteiger partial charge on any atom is -0.481 e. The summed E-state index contributed by atoms with van der Waals surface area (Å²) in [6, 6.07) is 0.392. The summed E-state index contributed by atoms with van der Waals surface area (Å²) < 4.78 is 0. The minimum absolute atomic E-state index is 0.101. The molecular formula is C14H24N2O3. The first-order valence-electron chi connectivity index (χ1n) is 7.06. The first kappa shape index (κ1) is 14.3. The lowest BCUT2D eigenvalue weighted by atomic mass is 10.0. The van der Waals surface area contributed by atoms with Gasteiger partial charge in [0.2, 0.25) is 5.91 Å². The summed E-state index contributed by atoms with van der Waals surface area (Å²) >= 11 is 0. The SMILES string of the molecule is CN1CCCCC1CNC(=O)[C@H]1[C@@H](C(=O)O)C1(C)C. The van der Waals surface area contributed by atoms with Gasteiger partial charge in [-0.1, -0.05) is 20.3 Å². The van der Waals surface area contributed by atoms with E-state index in [1.807, 2.05) is 13.8 Å². The van der Waals surface area contributed by atoms with Crippen LogP contribution in [0.2, 0.25) is 0 Å². The highest BCUT2D eigenvalue weighted by Crippen LogP contribution is 2.58. The van der Waals surface area contributed by atoms with E-state index in [9.17, 15) is 9.59 Å². The number of hydrogen-bond donors (Lipinski definition) is 2. The number of nitrogens with one attached hydrogen (secondary N) is 1. The van der Waals surface area contributed by atoms with Crippen LogP contribution in [0.15, 0.2) is 0 Å². The van der Waals surface area contributed by atoms with Crippen LogP contribution in [0.5, 0.6) is 0 Å². The maximum absolute atomic E-state index is 12.1. The predicted octanol–water partition coefficient (Wildman–Crippen LogP) is 0.944. The predicted molar refractivity (Wildman–Crippen MR) is 71.7 cm³/mol. The standard InChI is InChI=1S/C14H24N2O3/c1-14(2)10(11(14)13(18)19)12(17)15-8-9-6-4-5-7-16(9)3/h9-11H,4-8H2,1-3H3,(H,15,17)(H,18,19)/t9?,10-,11+/m1/s1. The van der Waals surface area contributed by atoms with E-state index in [-0.39, 0.29) is 11.8 Å². The van der Waals surface area contributed by atoms with Crippen molar-refractivity contribution >= 4 is 11.9 Å². The van der Waals surface area contributed by atoms with Gasteiger partial charge in [-0.2, -0.15) is 0 Å². The number of nitrogens with zero attached hydrogens (tertiary/aromatic N) is 1. The quantitative estimate of drug-likeness (QED) is 0.796. The topological polar surface area (TPSA) is 69.6 Å². The van der Waals surface area contributed by atoms with E-state index in [4.69, 9.17) is 5.11 Å². The molecule has 19 heavy (non-hydrogen) atoms. The Labute approximate surface area is 114 Å². The highest BCUT2D eigenvalue weighted by Gasteiger charge is 2.65. The van der Waals surface area contributed by atoms with Crippen molar-refractivity contribution in [2.45, 2.75) is 39.2 Å². The van der Waals surface area contributed by atoms with Crippen molar-refractivity contribution in [2.24, 2.45) is 17.3 Å². The average molecular weight is 268 g/mol. The second-order valence-electron chi connectivity index (χ2n) is 6.49. The molecule has 1 amide bonds. The first-order chi connectivity index (χ1) is 8.85. The van der Waals surface area contributed by atoms with Gasteiger partial charge in [0, 0.05) is 12.6 Å². The Hall–Kier alpha value is -1.10. The molecule has 1 saturated carbocycles. The molecule has 0 aromatic carbocycles. The van der Waals surface area contributed by atoms with Crippen LogP contribution < -0.4 is 5.32 Å². The molecule has 1 aliphatic heterocycles. The second kappa shape index (κ2) is 5.12. The molecule has 0 bridgehead atoms. The Morgan fingerprint density at radius 2 is 2.00 bits per heavy atom. The van der Waals surface area contributed by atoms with E-state index in [0.29, 0.717) is 12.6 Å². The van der Waals surface area contributed by atoms with Crippen LogP contribution in [0.1, 0.15) is 33.1 Å². The Morgan fingerprint density at radius 3 is 2.53 bits per heavy atom. The zero-order chi connectivity index (χ0) is 14.2. The van der Waals surface area contributed by atoms with E-state index >= 15 is 0 Å². The number of carbonyl (C=O) groups excluding carboxylic acids is 1. The zero-order valence-electron chi connectivity index (χ0n) is 12.0. The fourth-order valence-electron chi connectivity index (χ4n) is 3.32. The number of amides is 1. The Balaban J connectivity index is 1.84. The van der Waals surface area contributed by atoms with Gasteiger partial charge in [-0.3, -0.25) is 9.59 Å². The molecular weight excluding hydrogens is 244 g/mol. The molecule has 1 heterocycles. The van der Waals surface area contributed by atoms with Gasteiger partial charge in [0.15, 0.2) is 0 Å². The number of aliphatic carboxylic acids is 1. The zero-order valence-corrected chi connectivity index (χ0v) is 12.0. The number of rotatable bonds is 4. The van der Waals surface area contributed by atoms with Crippen LogP contribution in [-0.2, 0) is 9.59 Å². The fourth-order valence-corrected chi connectivity index (χ4v) is 3.32. The van der Waals surface area contributed by atoms with Gasteiger partial charge in [-0.05, 0) is 31.8 Å². The van der Waals surface area contributed by atoms with Crippen molar-refractivity contribution in [3.8, 4) is 0 Å². The molecule has 2 rings (SSSR count). The van der Waals surface area contributed by atoms with Gasteiger partial charge < -0.3 is 15.3 Å². The number of carbonyl (C=O) groups is 2. The second-order valence-corrected chi connectivity index (χ2v) is 6.49. The van der Waals surface area contributed by atoms with Crippen LogP contribution in [-0.4, -0.2) is 48.1 Å². The Bertz CT molecular complexity index is 381. The van der Waals surface area contributed by atoms with Crippen molar-refractivity contribution in [3.63, 3.8) is 0 Å². The van der Waals surface area contributed by atoms with Crippen molar-refractivity contribution in [1.29, 1.82) is 0 Å². The smallest absolute Gasteiger partial charge is 0.307 e. The van der Waals surface area contributed by atoms with Crippen molar-refractivity contribution in [2.75, 3.05) is 20.1 Å². The van der Waals surface area contributed by atoms with Gasteiger partial charge in [-0.15, -0.1) is 0 Å². The minimum atomic E-state index is -0.861. The van der Waals surface area contributed by atoms with Gasteiger partial charge in [0.25, 0.3) is 0 Å². The number of likely N-dealkylation sites (N-methyl/N-ethyl adjacent to an activating group) is 1. The van der Waals surface area contributed by atoms with Crippen LogP contribution in [0.4, 0.5) is 0 Å². The summed E-state index contributed by atoms with van der Waals surface area (Å²) in [5.41, 5.74) is -0.408. The van der Waals surface area contributed by atoms with Crippen molar-refractivity contribution in [1.82, 2.24) is 10.2 Å². The van der Waals surface area contributed by atoms with Gasteiger partial charge >= 0.3 is 5.97 Å². The number of piperidine rings is 1. The summed E-state index contributed by atoms with van der Waals surface area (Å²) in [6.07, 6.45) is 3.53. The summed E-state index contributed by atoms with van der Waals surface area (Å²) in [4.78, 5) is 25.4. The number of carboxylic acids is 1. The molecule has 0 aromatic heterocycles. The molecule has 0 spiro atoms. The molecule has 2 fully saturated rings. The first-order valence-corrected chi connectivity index (χ1v) is 7.06. The highest BCUT2D eigenvalue weighted by atomic mass is 16.4. The van der Waals surface area contributed by atoms with Crippen molar-refractivity contribution < 1.29 is 14.7 Å². The van der Waals surface area contributed by atoms with Crippen LogP contribution in [0, 0.1) is 17.3 Å². The molecule has 1 unspecified atom stereocenters. The van der Waals surface area contributed by atoms with Gasteiger partial charge in [0.1, 0.15) is 0 Å². The Kier molecular flexibility index (Phi) is 3.85. The molecule has 3 atom stereocenters. The van der Waals surface area contributed by atoms with E-state index in [0.717, 1.165) is 13.0 Å². The molecule has 1 saturated heterocycles. The summed E-state index contributed by atoms with van der Waals surface area (Å²) in [7, 11) is 2.08. The lowest BCUT2D eigenvalue weighted by Gasteiger charge is -2.32. The molecule has 2 aliphatic rings. The molecule has 1 aliphatic carbocycles. The Morgan fingerprint density at radius 1 is 1.32 bits per heavy atom. The van der Waals surface area contributed by atoms with E-state index in [2.05, 4.69) is 17.3 Å². The normalized spacial score (nSPS) is 33.7. The molecule has 5 nitrogen and oxygen atoms in total. The summed E-state index contributed by atoms with van der Waals surface area (Å²) in [5, 5.41) is 12.0. The third-order valence-corrected chi connectivity index (χ3v) is 4.81. The molecule has 108 valence electrons. The van der Waals surface area contributed by atoms with Crippen LogP contribution >= 0.6 is 0 Å². The van der Waals surface area contributed by atoms with E-state index in [1.165, 1.54) is 12.8 Å². The lowest BCUT2D eigenvalue weighted by molar-refractivity contribution is -0.140. The number of hydrogen-bond acceptors (Lipinski definition) is 3. The average Bonchev–Trinajstić information content (AvgIpc) is 2.91. The number of likely N-dealkylation sites (tertiary alicyclic amines) is 1. The third kappa shape index (κ3) is 2.76. The molecule has 0 radical (unpaired) electrons. The maximum Gasteiger partial charge on any atom is 0.307 e. The molecule has 0 aromatic rings. The van der Waals surface area contributed by atoms with Crippen LogP contribution in [0.25, 0.3) is 0 Å². The third-order valence-electron chi connectivity index (χ3n) is 4.81. The van der Waals surface area contributed by atoms with E-state index in [1.54, 1.807) is 0 Å². The number of carboxylic acid groups (broad SMARTS) is 1. The fraction of sp³-hybridized carbons (Fsp3) is 0.857.